The van der Waals surface area contributed by atoms with E-state index < -0.39 is 5.60 Å². The summed E-state index contributed by atoms with van der Waals surface area (Å²) in [6, 6.07) is 8.39. The summed E-state index contributed by atoms with van der Waals surface area (Å²) in [5.41, 5.74) is 0.719. The van der Waals surface area contributed by atoms with E-state index in [-0.39, 0.29) is 12.1 Å². The lowest BCUT2D eigenvalue weighted by atomic mass is 10.2. The van der Waals surface area contributed by atoms with E-state index in [2.05, 4.69) is 17.4 Å². The Morgan fingerprint density at radius 1 is 1.31 bits per heavy atom. The number of carbonyl (C=O) groups is 1. The van der Waals surface area contributed by atoms with Crippen molar-refractivity contribution in [2.24, 2.45) is 0 Å². The van der Waals surface area contributed by atoms with Crippen molar-refractivity contribution in [3.8, 4) is 5.75 Å². The van der Waals surface area contributed by atoms with Gasteiger partial charge in [-0.15, -0.1) is 0 Å². The summed E-state index contributed by atoms with van der Waals surface area (Å²) in [4.78, 5) is 13.9. The van der Waals surface area contributed by atoms with Gasteiger partial charge >= 0.3 is 6.09 Å². The molecule has 1 N–H and O–H groups in total. The topological polar surface area (TPSA) is 60.0 Å². The third-order valence-electron chi connectivity index (χ3n) is 4.09. The molecule has 1 aromatic rings. The van der Waals surface area contributed by atoms with Crippen LogP contribution in [0.4, 0.5) is 4.79 Å². The van der Waals surface area contributed by atoms with Crippen LogP contribution >= 0.6 is 0 Å². The standard InChI is InChI=1S/C20H32N2O4/c1-20(2,3)26-19(23)22-10-9-17(15-22)21-14-16-7-5-8-18(13-16)25-12-6-11-24-4/h5,7-8,13,17,21H,6,9-12,14-15H2,1-4H3/t17-/m1/s1. The third-order valence-corrected chi connectivity index (χ3v) is 4.09. The zero-order valence-electron chi connectivity index (χ0n) is 16.4. The summed E-state index contributed by atoms with van der Waals surface area (Å²) in [5.74, 6) is 0.877. The number of nitrogens with zero attached hydrogens (tertiary/aromatic N) is 1. The van der Waals surface area contributed by atoms with Gasteiger partial charge in [0, 0.05) is 45.8 Å². The van der Waals surface area contributed by atoms with E-state index >= 15 is 0 Å². The summed E-state index contributed by atoms with van der Waals surface area (Å²) in [6.07, 6.45) is 1.59. The summed E-state index contributed by atoms with van der Waals surface area (Å²) in [6.45, 7) is 9.19. The fourth-order valence-corrected chi connectivity index (χ4v) is 2.82. The number of benzene rings is 1. The lowest BCUT2D eigenvalue weighted by Gasteiger charge is -2.24. The van der Waals surface area contributed by atoms with E-state index in [9.17, 15) is 4.79 Å². The molecule has 1 amide bonds. The van der Waals surface area contributed by atoms with Gasteiger partial charge in [-0.05, 0) is 44.9 Å². The number of methoxy groups -OCH3 is 1. The average molecular weight is 364 g/mol. The van der Waals surface area contributed by atoms with Crippen LogP contribution in [0.25, 0.3) is 0 Å². The second kappa shape index (κ2) is 9.78. The molecule has 0 unspecified atom stereocenters. The van der Waals surface area contributed by atoms with Crippen molar-refractivity contribution >= 4 is 6.09 Å². The van der Waals surface area contributed by atoms with E-state index in [1.165, 1.54) is 5.56 Å². The van der Waals surface area contributed by atoms with Crippen LogP contribution < -0.4 is 10.1 Å². The maximum Gasteiger partial charge on any atom is 0.410 e. The largest absolute Gasteiger partial charge is 0.493 e. The summed E-state index contributed by atoms with van der Waals surface area (Å²) in [5, 5.41) is 3.52. The highest BCUT2D eigenvalue weighted by atomic mass is 16.6. The molecule has 0 aromatic heterocycles. The number of nitrogens with one attached hydrogen (secondary N) is 1. The second-order valence-corrected chi connectivity index (χ2v) is 7.64. The fourth-order valence-electron chi connectivity index (χ4n) is 2.82. The molecule has 1 aromatic carbocycles. The Morgan fingerprint density at radius 3 is 2.85 bits per heavy atom. The zero-order chi connectivity index (χ0) is 19.0. The molecule has 0 bridgehead atoms. The smallest absolute Gasteiger partial charge is 0.410 e. The predicted molar refractivity (Wildman–Crippen MR) is 101 cm³/mol. The Hall–Kier alpha value is -1.79. The number of amides is 1. The van der Waals surface area contributed by atoms with Crippen LogP contribution in [0.2, 0.25) is 0 Å². The number of likely N-dealkylation sites (tertiary alicyclic amines) is 1. The first-order valence-corrected chi connectivity index (χ1v) is 9.29. The molecule has 0 spiro atoms. The average Bonchev–Trinajstić information content (AvgIpc) is 3.05. The highest BCUT2D eigenvalue weighted by Crippen LogP contribution is 2.17. The van der Waals surface area contributed by atoms with Gasteiger partial charge in [0.05, 0.1) is 6.61 Å². The van der Waals surface area contributed by atoms with E-state index in [1.54, 1.807) is 12.0 Å². The van der Waals surface area contributed by atoms with E-state index in [4.69, 9.17) is 14.2 Å². The van der Waals surface area contributed by atoms with Gasteiger partial charge in [0.2, 0.25) is 0 Å². The minimum absolute atomic E-state index is 0.228. The SMILES string of the molecule is COCCCOc1cccc(CN[C@@H]2CCN(C(=O)OC(C)(C)C)C2)c1. The minimum Gasteiger partial charge on any atom is -0.493 e. The maximum absolute atomic E-state index is 12.1. The van der Waals surface area contributed by atoms with Gasteiger partial charge in [0.15, 0.2) is 0 Å². The third kappa shape index (κ3) is 7.22. The zero-order valence-corrected chi connectivity index (χ0v) is 16.4. The lowest BCUT2D eigenvalue weighted by Crippen LogP contribution is -2.38. The van der Waals surface area contributed by atoms with Crippen LogP contribution in [0.15, 0.2) is 24.3 Å². The monoisotopic (exact) mass is 364 g/mol. The van der Waals surface area contributed by atoms with E-state index in [1.807, 2.05) is 32.9 Å². The van der Waals surface area contributed by atoms with Crippen LogP contribution in [-0.2, 0) is 16.0 Å². The second-order valence-electron chi connectivity index (χ2n) is 7.64. The van der Waals surface area contributed by atoms with Crippen LogP contribution in [0.3, 0.4) is 0 Å². The molecule has 6 heteroatoms. The van der Waals surface area contributed by atoms with Crippen LogP contribution in [0.5, 0.6) is 5.75 Å². The fraction of sp³-hybridized carbons (Fsp3) is 0.650. The molecule has 0 radical (unpaired) electrons. The molecule has 1 aliphatic rings. The van der Waals surface area contributed by atoms with Crippen molar-refractivity contribution in [1.29, 1.82) is 0 Å². The normalized spacial score (nSPS) is 17.4. The summed E-state index contributed by atoms with van der Waals surface area (Å²) < 4.78 is 16.2. The van der Waals surface area contributed by atoms with Crippen molar-refractivity contribution in [3.05, 3.63) is 29.8 Å². The molecule has 1 saturated heterocycles. The first kappa shape index (κ1) is 20.5. The van der Waals surface area contributed by atoms with Crippen molar-refractivity contribution in [2.45, 2.75) is 51.8 Å². The molecule has 146 valence electrons. The van der Waals surface area contributed by atoms with Gasteiger partial charge in [0.25, 0.3) is 0 Å². The molecular formula is C20H32N2O4. The van der Waals surface area contributed by atoms with Gasteiger partial charge in [-0.1, -0.05) is 12.1 Å². The van der Waals surface area contributed by atoms with E-state index in [0.29, 0.717) is 19.8 Å². The highest BCUT2D eigenvalue weighted by Gasteiger charge is 2.29. The Labute approximate surface area is 156 Å². The summed E-state index contributed by atoms with van der Waals surface area (Å²) in [7, 11) is 1.69. The lowest BCUT2D eigenvalue weighted by molar-refractivity contribution is 0.0291. The Kier molecular flexibility index (Phi) is 7.72. The van der Waals surface area contributed by atoms with Gasteiger partial charge in [-0.25, -0.2) is 4.79 Å². The molecular weight excluding hydrogens is 332 g/mol. The molecule has 1 heterocycles. The quantitative estimate of drug-likeness (QED) is 0.718. The van der Waals surface area contributed by atoms with E-state index in [0.717, 1.165) is 31.7 Å². The summed E-state index contributed by atoms with van der Waals surface area (Å²) >= 11 is 0. The predicted octanol–water partition coefficient (Wildman–Crippen LogP) is 3.20. The van der Waals surface area contributed by atoms with Gasteiger partial charge in [-0.3, -0.25) is 0 Å². The number of hydrogen-bond donors (Lipinski definition) is 1. The number of ether oxygens (including phenoxy) is 3. The molecule has 26 heavy (non-hydrogen) atoms. The molecule has 6 nitrogen and oxygen atoms in total. The number of carbonyl (C=O) groups excluding carboxylic acids is 1. The molecule has 2 rings (SSSR count). The first-order chi connectivity index (χ1) is 12.4. The minimum atomic E-state index is -0.452. The molecule has 1 aliphatic heterocycles. The van der Waals surface area contributed by atoms with Gasteiger partial charge in [0.1, 0.15) is 11.4 Å². The van der Waals surface area contributed by atoms with Crippen molar-refractivity contribution in [1.82, 2.24) is 10.2 Å². The molecule has 1 atom stereocenters. The molecule has 0 aliphatic carbocycles. The molecule has 1 fully saturated rings. The van der Waals surface area contributed by atoms with Crippen LogP contribution in [0, 0.1) is 0 Å². The Morgan fingerprint density at radius 2 is 2.12 bits per heavy atom. The van der Waals surface area contributed by atoms with Gasteiger partial charge in [-0.2, -0.15) is 0 Å². The van der Waals surface area contributed by atoms with Crippen molar-refractivity contribution in [3.63, 3.8) is 0 Å². The van der Waals surface area contributed by atoms with Crippen molar-refractivity contribution < 1.29 is 19.0 Å². The van der Waals surface area contributed by atoms with Crippen LogP contribution in [-0.4, -0.2) is 56.0 Å². The number of rotatable bonds is 8. The molecule has 0 saturated carbocycles. The van der Waals surface area contributed by atoms with Crippen molar-refractivity contribution in [2.75, 3.05) is 33.4 Å². The van der Waals surface area contributed by atoms with Crippen LogP contribution in [0.1, 0.15) is 39.2 Å². The Balaban J connectivity index is 1.74. The highest BCUT2D eigenvalue weighted by molar-refractivity contribution is 5.68. The number of hydrogen-bond acceptors (Lipinski definition) is 5. The Bertz CT molecular complexity index is 571. The van der Waals surface area contributed by atoms with Gasteiger partial charge < -0.3 is 24.4 Å². The first-order valence-electron chi connectivity index (χ1n) is 9.29. The maximum atomic E-state index is 12.1.